The van der Waals surface area contributed by atoms with Gasteiger partial charge in [-0.05, 0) is 63.5 Å². The predicted molar refractivity (Wildman–Crippen MR) is 178 cm³/mol. The lowest BCUT2D eigenvalue weighted by molar-refractivity contribution is -0.143. The molecule has 1 amide bonds. The van der Waals surface area contributed by atoms with Crippen LogP contribution in [0.1, 0.15) is 62.9 Å². The van der Waals surface area contributed by atoms with E-state index in [4.69, 9.17) is 5.11 Å². The third-order valence-electron chi connectivity index (χ3n) is 8.61. The maximum absolute atomic E-state index is 12.9. The van der Waals surface area contributed by atoms with E-state index < -0.39 is 5.97 Å². The molecule has 46 heavy (non-hydrogen) atoms. The average molecular weight is 702 g/mol. The van der Waals surface area contributed by atoms with Crippen LogP contribution in [0.2, 0.25) is 0 Å². The van der Waals surface area contributed by atoms with Gasteiger partial charge in [0.2, 0.25) is 5.91 Å². The number of likely N-dealkylation sites (tertiary alicyclic amines) is 2. The van der Waals surface area contributed by atoms with Crippen molar-refractivity contribution in [1.82, 2.24) is 50.4 Å². The molecule has 3 aliphatic heterocycles. The van der Waals surface area contributed by atoms with Gasteiger partial charge in [-0.25, -0.2) is 0 Å². The van der Waals surface area contributed by atoms with Gasteiger partial charge in [0, 0.05) is 56.2 Å². The fourth-order valence-electron chi connectivity index (χ4n) is 5.99. The van der Waals surface area contributed by atoms with Crippen molar-refractivity contribution in [2.45, 2.75) is 65.6 Å². The first-order valence-electron chi connectivity index (χ1n) is 16.5. The molecular weight excluding hydrogens is 652 g/mol. The minimum absolute atomic E-state index is 0.168. The van der Waals surface area contributed by atoms with Crippen LogP contribution in [0, 0.1) is 11.8 Å². The van der Waals surface area contributed by atoms with Gasteiger partial charge in [0.05, 0.1) is 29.7 Å². The number of aliphatic carboxylic acids is 1. The zero-order valence-electron chi connectivity index (χ0n) is 27.2. The second-order valence-electron chi connectivity index (χ2n) is 12.3. The maximum atomic E-state index is 12.9. The largest absolute Gasteiger partial charge is 0.481 e. The second kappa shape index (κ2) is 18.8. The number of carbonyl (C=O) groups excluding carboxylic acids is 1. The summed E-state index contributed by atoms with van der Waals surface area (Å²) in [7, 11) is 0. The number of carbonyl (C=O) groups is 2. The molecule has 0 aliphatic carbocycles. The van der Waals surface area contributed by atoms with E-state index in [1.165, 1.54) is 12.0 Å². The average Bonchev–Trinajstić information content (AvgIpc) is 3.79. The molecule has 6 rings (SSSR count). The van der Waals surface area contributed by atoms with Crippen LogP contribution in [0.5, 0.6) is 0 Å². The molecule has 0 radical (unpaired) electrons. The van der Waals surface area contributed by atoms with Gasteiger partial charge >= 0.3 is 5.97 Å². The van der Waals surface area contributed by atoms with Gasteiger partial charge in [-0.15, -0.1) is 0 Å². The lowest BCUT2D eigenvalue weighted by atomic mass is 9.95. The highest BCUT2D eigenvalue weighted by Gasteiger charge is 2.30. The zero-order valence-corrected chi connectivity index (χ0v) is 28.7. The van der Waals surface area contributed by atoms with Gasteiger partial charge in [-0.2, -0.15) is 30.8 Å². The van der Waals surface area contributed by atoms with Crippen molar-refractivity contribution in [3.05, 3.63) is 58.1 Å². The molecule has 3 aliphatic rings. The summed E-state index contributed by atoms with van der Waals surface area (Å²) in [6.07, 6.45) is 8.05. The molecule has 3 saturated heterocycles. The third kappa shape index (κ3) is 11.2. The number of aromatic nitrogens is 6. The summed E-state index contributed by atoms with van der Waals surface area (Å²) in [5, 5.41) is 29.7. The topological polar surface area (TPSA) is 150 Å². The number of piperazine rings is 1. The van der Waals surface area contributed by atoms with E-state index in [0.29, 0.717) is 5.91 Å². The van der Waals surface area contributed by atoms with Crippen LogP contribution in [-0.4, -0.2) is 120 Å². The number of nitrogens with one attached hydrogen (secondary N) is 2. The molecule has 0 unspecified atom stereocenters. The normalized spacial score (nSPS) is 18.7. The molecule has 0 saturated carbocycles. The Balaban J connectivity index is 0.000000224. The summed E-state index contributed by atoms with van der Waals surface area (Å²) in [6, 6.07) is 8.37. The summed E-state index contributed by atoms with van der Waals surface area (Å²) < 4.78 is 1.16. The first kappa shape index (κ1) is 35.7. The highest BCUT2D eigenvalue weighted by Crippen LogP contribution is 2.23. The highest BCUT2D eigenvalue weighted by atomic mass is 79.9. The minimum atomic E-state index is -0.670. The zero-order chi connectivity index (χ0) is 32.7. The predicted octanol–water partition coefficient (Wildman–Crippen LogP) is 3.64. The van der Waals surface area contributed by atoms with Crippen molar-refractivity contribution < 1.29 is 14.7 Å². The van der Waals surface area contributed by atoms with Crippen molar-refractivity contribution in [2.24, 2.45) is 11.8 Å². The standard InChI is InChI=1S/C20H27BrN6O.C9H14N4O2.C3H8/c21-19-4-2-1-3-17(19)14-26-9-11-27(12-10-26)20(28)16-5-7-25(8-6-16)15-18-13-22-24-23-18;14-9(15)7-1-3-13(4-2-7)6-8-5-10-12-11-8;1-3-2/h1-4,13,16H,5-12,14-15H2,(H,22,23,24);5,7H,1-4,6H2,(H,14,15)(H,10,11,12);3H2,1-2H3. The lowest BCUT2D eigenvalue weighted by Crippen LogP contribution is -2.51. The number of carboxylic acid groups (broad SMARTS) is 1. The van der Waals surface area contributed by atoms with Crippen LogP contribution in [-0.2, 0) is 29.2 Å². The molecule has 5 heterocycles. The number of amides is 1. The van der Waals surface area contributed by atoms with E-state index in [9.17, 15) is 9.59 Å². The monoisotopic (exact) mass is 700 g/mol. The third-order valence-corrected chi connectivity index (χ3v) is 9.38. The van der Waals surface area contributed by atoms with E-state index >= 15 is 0 Å². The Morgan fingerprint density at radius 3 is 1.70 bits per heavy atom. The number of nitrogens with zero attached hydrogens (tertiary/aromatic N) is 8. The molecule has 2 aromatic heterocycles. The molecular formula is C32H49BrN10O3. The first-order valence-corrected chi connectivity index (χ1v) is 17.3. The van der Waals surface area contributed by atoms with Gasteiger partial charge in [0.15, 0.2) is 0 Å². The Morgan fingerprint density at radius 2 is 1.24 bits per heavy atom. The van der Waals surface area contributed by atoms with Crippen LogP contribution in [0.15, 0.2) is 41.1 Å². The molecule has 0 bridgehead atoms. The second-order valence-corrected chi connectivity index (χ2v) is 13.1. The van der Waals surface area contributed by atoms with Crippen molar-refractivity contribution in [1.29, 1.82) is 0 Å². The maximum Gasteiger partial charge on any atom is 0.306 e. The number of halogens is 1. The van der Waals surface area contributed by atoms with Crippen LogP contribution in [0.25, 0.3) is 0 Å². The fourth-order valence-corrected chi connectivity index (χ4v) is 6.40. The molecule has 3 N–H and O–H groups in total. The van der Waals surface area contributed by atoms with Gasteiger partial charge in [0.1, 0.15) is 0 Å². The number of benzene rings is 1. The Kier molecular flexibility index (Phi) is 14.6. The van der Waals surface area contributed by atoms with Crippen molar-refractivity contribution in [2.75, 3.05) is 52.4 Å². The Morgan fingerprint density at radius 1 is 0.761 bits per heavy atom. The van der Waals surface area contributed by atoms with Crippen LogP contribution in [0.4, 0.5) is 0 Å². The van der Waals surface area contributed by atoms with E-state index in [1.54, 1.807) is 12.4 Å². The summed E-state index contributed by atoms with van der Waals surface area (Å²) in [5.74, 6) is -0.320. The van der Waals surface area contributed by atoms with Crippen molar-refractivity contribution in [3.63, 3.8) is 0 Å². The van der Waals surface area contributed by atoms with Crippen LogP contribution >= 0.6 is 15.9 Å². The van der Waals surface area contributed by atoms with Crippen molar-refractivity contribution in [3.8, 4) is 0 Å². The number of carboxylic acids is 1. The number of hydrogen-bond acceptors (Lipinski definition) is 9. The number of aromatic amines is 2. The molecule has 3 fully saturated rings. The Bertz CT molecular complexity index is 1290. The van der Waals surface area contributed by atoms with E-state index in [2.05, 4.69) is 98.4 Å². The first-order chi connectivity index (χ1) is 22.4. The summed E-state index contributed by atoms with van der Waals surface area (Å²) in [6.45, 7) is 13.9. The fraction of sp³-hybridized carbons (Fsp3) is 0.625. The van der Waals surface area contributed by atoms with Gasteiger partial charge in [-0.3, -0.25) is 24.3 Å². The lowest BCUT2D eigenvalue weighted by Gasteiger charge is -2.38. The molecule has 13 nitrogen and oxygen atoms in total. The van der Waals surface area contributed by atoms with Crippen molar-refractivity contribution >= 4 is 27.8 Å². The van der Waals surface area contributed by atoms with Crippen LogP contribution < -0.4 is 0 Å². The number of rotatable bonds is 8. The van der Waals surface area contributed by atoms with Crippen LogP contribution in [0.3, 0.4) is 0 Å². The SMILES string of the molecule is CCC.O=C(C1CCN(Cc2cn[nH]n2)CC1)N1CCN(Cc2ccccc2Br)CC1.O=C(O)C1CCN(Cc2cn[nH]n2)CC1. The molecule has 0 spiro atoms. The Labute approximate surface area is 280 Å². The number of H-pyrrole nitrogens is 2. The quantitative estimate of drug-likeness (QED) is 0.318. The molecule has 252 valence electrons. The smallest absolute Gasteiger partial charge is 0.306 e. The molecule has 14 heteroatoms. The number of piperidine rings is 2. The van der Waals surface area contributed by atoms with E-state index in [1.807, 2.05) is 6.07 Å². The molecule has 0 atom stereocenters. The van der Waals surface area contributed by atoms with E-state index in [-0.39, 0.29) is 11.8 Å². The minimum Gasteiger partial charge on any atom is -0.481 e. The summed E-state index contributed by atoms with van der Waals surface area (Å²) >= 11 is 3.63. The summed E-state index contributed by atoms with van der Waals surface area (Å²) in [4.78, 5) is 32.8. The summed E-state index contributed by atoms with van der Waals surface area (Å²) in [5.41, 5.74) is 3.18. The number of hydrogen-bond donors (Lipinski definition) is 3. The highest BCUT2D eigenvalue weighted by molar-refractivity contribution is 9.10. The van der Waals surface area contributed by atoms with E-state index in [0.717, 1.165) is 114 Å². The van der Waals surface area contributed by atoms with Gasteiger partial charge in [-0.1, -0.05) is 54.4 Å². The Hall–Kier alpha value is -3.20. The molecule has 3 aromatic rings. The van der Waals surface area contributed by atoms with Gasteiger partial charge in [0.25, 0.3) is 0 Å². The van der Waals surface area contributed by atoms with Gasteiger partial charge < -0.3 is 10.0 Å². The molecule has 1 aromatic carbocycles.